The van der Waals surface area contributed by atoms with Crippen LogP contribution in [0.15, 0.2) is 23.2 Å². The Morgan fingerprint density at radius 1 is 1.22 bits per heavy atom. The highest BCUT2D eigenvalue weighted by Gasteiger charge is 2.02. The van der Waals surface area contributed by atoms with Gasteiger partial charge in [0.15, 0.2) is 5.96 Å². The second kappa shape index (κ2) is 10.8. The Bertz CT molecular complexity index is 623. The molecule has 132 valence electrons. The Hall–Kier alpha value is -0.940. The Labute approximate surface area is 154 Å². The lowest BCUT2D eigenvalue weighted by atomic mass is 10.1. The lowest BCUT2D eigenvalue weighted by Gasteiger charge is -2.12. The van der Waals surface area contributed by atoms with Crippen LogP contribution < -0.4 is 15.4 Å². The summed E-state index contributed by atoms with van der Waals surface area (Å²) >= 11 is 0. The first kappa shape index (κ1) is 22.1. The number of sulfonamides is 1. The molecule has 0 spiro atoms. The first-order valence-corrected chi connectivity index (χ1v) is 8.85. The van der Waals surface area contributed by atoms with Gasteiger partial charge >= 0.3 is 0 Å². The van der Waals surface area contributed by atoms with E-state index in [-0.39, 0.29) is 36.3 Å². The molecule has 0 aliphatic heterocycles. The zero-order chi connectivity index (χ0) is 16.6. The predicted molar refractivity (Wildman–Crippen MR) is 102 cm³/mol. The molecule has 0 saturated heterocycles. The van der Waals surface area contributed by atoms with Gasteiger partial charge in [-0.05, 0) is 36.6 Å². The highest BCUT2D eigenvalue weighted by atomic mass is 127. The lowest BCUT2D eigenvalue weighted by Crippen LogP contribution is -2.42. The second-order valence-electron chi connectivity index (χ2n) is 4.91. The number of aliphatic imine (C=N–C) groups is 1. The summed E-state index contributed by atoms with van der Waals surface area (Å²) in [5, 5.41) is 6.13. The summed E-state index contributed by atoms with van der Waals surface area (Å²) < 4.78 is 37.2. The summed E-state index contributed by atoms with van der Waals surface area (Å²) in [6.45, 7) is 3.24. The van der Waals surface area contributed by atoms with Crippen molar-refractivity contribution in [3.8, 4) is 0 Å². The zero-order valence-electron chi connectivity index (χ0n) is 13.5. The van der Waals surface area contributed by atoms with Crippen molar-refractivity contribution >= 4 is 40.0 Å². The van der Waals surface area contributed by atoms with Gasteiger partial charge in [-0.25, -0.2) is 17.5 Å². The van der Waals surface area contributed by atoms with E-state index in [1.54, 1.807) is 13.1 Å². The molecule has 1 rings (SSSR count). The molecule has 0 amide bonds. The Balaban J connectivity index is 0.00000484. The van der Waals surface area contributed by atoms with Crippen molar-refractivity contribution in [3.63, 3.8) is 0 Å². The van der Waals surface area contributed by atoms with E-state index in [1.165, 1.54) is 12.1 Å². The van der Waals surface area contributed by atoms with Crippen LogP contribution in [-0.4, -0.2) is 47.3 Å². The van der Waals surface area contributed by atoms with Crippen LogP contribution in [0.4, 0.5) is 4.39 Å². The number of aryl methyl sites for hydroxylation is 1. The van der Waals surface area contributed by atoms with E-state index in [0.29, 0.717) is 19.0 Å². The van der Waals surface area contributed by atoms with Gasteiger partial charge < -0.3 is 10.6 Å². The molecule has 0 aliphatic carbocycles. The summed E-state index contributed by atoms with van der Waals surface area (Å²) in [5.74, 6) is 0.361. The van der Waals surface area contributed by atoms with Crippen LogP contribution in [0.3, 0.4) is 0 Å². The van der Waals surface area contributed by atoms with Crippen molar-refractivity contribution in [3.05, 3.63) is 35.1 Å². The fourth-order valence-corrected chi connectivity index (χ4v) is 2.37. The van der Waals surface area contributed by atoms with Gasteiger partial charge in [-0.15, -0.1) is 24.0 Å². The van der Waals surface area contributed by atoms with Crippen molar-refractivity contribution in [1.82, 2.24) is 15.4 Å². The van der Waals surface area contributed by atoms with E-state index in [2.05, 4.69) is 20.3 Å². The predicted octanol–water partition coefficient (Wildman–Crippen LogP) is 1.01. The van der Waals surface area contributed by atoms with Gasteiger partial charge in [0.05, 0.1) is 6.26 Å². The van der Waals surface area contributed by atoms with Gasteiger partial charge in [0.1, 0.15) is 5.82 Å². The Kier molecular flexibility index (Phi) is 10.3. The van der Waals surface area contributed by atoms with Crippen molar-refractivity contribution in [1.29, 1.82) is 0 Å². The molecule has 9 heteroatoms. The minimum Gasteiger partial charge on any atom is -0.356 e. The standard InChI is InChI=1S/C14H23FN4O2S.HI/c1-11-10-13(15)5-4-12(11)6-7-17-14(16-2)18-8-9-19-22(3,20)21;/h4-5,10,19H,6-9H2,1-3H3,(H2,16,17,18);1H. The lowest BCUT2D eigenvalue weighted by molar-refractivity contribution is 0.586. The van der Waals surface area contributed by atoms with E-state index in [0.717, 1.165) is 23.8 Å². The molecule has 6 nitrogen and oxygen atoms in total. The number of nitrogens with one attached hydrogen (secondary N) is 3. The van der Waals surface area contributed by atoms with Crippen molar-refractivity contribution < 1.29 is 12.8 Å². The van der Waals surface area contributed by atoms with Crippen LogP contribution in [0.25, 0.3) is 0 Å². The van der Waals surface area contributed by atoms with Gasteiger partial charge in [-0.3, -0.25) is 4.99 Å². The Morgan fingerprint density at radius 2 is 1.87 bits per heavy atom. The van der Waals surface area contributed by atoms with Gasteiger partial charge in [0.25, 0.3) is 0 Å². The quantitative estimate of drug-likeness (QED) is 0.247. The molecule has 0 saturated carbocycles. The third kappa shape index (κ3) is 9.72. The van der Waals surface area contributed by atoms with Crippen LogP contribution in [0.2, 0.25) is 0 Å². The largest absolute Gasteiger partial charge is 0.356 e. The molecular weight excluding hydrogens is 434 g/mol. The molecule has 23 heavy (non-hydrogen) atoms. The topological polar surface area (TPSA) is 82.6 Å². The smallest absolute Gasteiger partial charge is 0.208 e. The summed E-state index contributed by atoms with van der Waals surface area (Å²) in [7, 11) is -1.53. The number of rotatable bonds is 7. The number of hydrogen-bond acceptors (Lipinski definition) is 3. The third-order valence-electron chi connectivity index (χ3n) is 3.00. The molecule has 0 aliphatic rings. The maximum absolute atomic E-state index is 13.0. The number of nitrogens with zero attached hydrogens (tertiary/aromatic N) is 1. The first-order chi connectivity index (χ1) is 10.3. The fourth-order valence-electron chi connectivity index (χ4n) is 1.89. The zero-order valence-corrected chi connectivity index (χ0v) is 16.7. The molecule has 0 fully saturated rings. The Morgan fingerprint density at radius 3 is 2.43 bits per heavy atom. The van der Waals surface area contributed by atoms with Crippen LogP contribution in [0.1, 0.15) is 11.1 Å². The molecule has 0 heterocycles. The average Bonchev–Trinajstić information content (AvgIpc) is 2.42. The number of halogens is 2. The minimum absolute atomic E-state index is 0. The fraction of sp³-hybridized carbons (Fsp3) is 0.500. The van der Waals surface area contributed by atoms with Crippen molar-refractivity contribution in [2.75, 3.05) is 32.9 Å². The van der Waals surface area contributed by atoms with Crippen LogP contribution in [0, 0.1) is 12.7 Å². The van der Waals surface area contributed by atoms with Crippen LogP contribution >= 0.6 is 24.0 Å². The monoisotopic (exact) mass is 458 g/mol. The molecule has 0 bridgehead atoms. The maximum Gasteiger partial charge on any atom is 0.208 e. The number of benzene rings is 1. The average molecular weight is 458 g/mol. The van der Waals surface area contributed by atoms with Crippen LogP contribution in [0.5, 0.6) is 0 Å². The van der Waals surface area contributed by atoms with Crippen LogP contribution in [-0.2, 0) is 16.4 Å². The summed E-state index contributed by atoms with van der Waals surface area (Å²) in [5.41, 5.74) is 1.99. The highest BCUT2D eigenvalue weighted by Crippen LogP contribution is 2.10. The van der Waals surface area contributed by atoms with Gasteiger partial charge in [0, 0.05) is 26.7 Å². The first-order valence-electron chi connectivity index (χ1n) is 6.96. The molecular formula is C14H24FIN4O2S. The van der Waals surface area contributed by atoms with E-state index >= 15 is 0 Å². The van der Waals surface area contributed by atoms with Gasteiger partial charge in [-0.2, -0.15) is 0 Å². The van der Waals surface area contributed by atoms with Crippen molar-refractivity contribution in [2.24, 2.45) is 4.99 Å². The van der Waals surface area contributed by atoms with E-state index in [9.17, 15) is 12.8 Å². The molecule has 0 radical (unpaired) electrons. The minimum atomic E-state index is -3.17. The van der Waals surface area contributed by atoms with Crippen molar-refractivity contribution in [2.45, 2.75) is 13.3 Å². The van der Waals surface area contributed by atoms with E-state index < -0.39 is 10.0 Å². The molecule has 1 aromatic rings. The summed E-state index contributed by atoms with van der Waals surface area (Å²) in [6, 6.07) is 4.74. The molecule has 1 aromatic carbocycles. The molecule has 0 atom stereocenters. The SMILES string of the molecule is CN=C(NCCNS(C)(=O)=O)NCCc1ccc(F)cc1C.I. The third-order valence-corrected chi connectivity index (χ3v) is 3.73. The molecule has 0 aromatic heterocycles. The van der Waals surface area contributed by atoms with E-state index in [4.69, 9.17) is 0 Å². The molecule has 0 unspecified atom stereocenters. The highest BCUT2D eigenvalue weighted by molar-refractivity contribution is 14.0. The van der Waals surface area contributed by atoms with Gasteiger partial charge in [-0.1, -0.05) is 6.07 Å². The number of guanidine groups is 1. The summed E-state index contributed by atoms with van der Waals surface area (Å²) in [6.07, 6.45) is 1.86. The molecule has 3 N–H and O–H groups in total. The van der Waals surface area contributed by atoms with E-state index in [1.807, 2.05) is 6.92 Å². The number of hydrogen-bond donors (Lipinski definition) is 3. The summed E-state index contributed by atoms with van der Waals surface area (Å²) in [4.78, 5) is 4.05. The normalized spacial score (nSPS) is 11.7. The maximum atomic E-state index is 13.0. The van der Waals surface area contributed by atoms with Gasteiger partial charge in [0.2, 0.25) is 10.0 Å². The second-order valence-corrected chi connectivity index (χ2v) is 6.75.